The summed E-state index contributed by atoms with van der Waals surface area (Å²) < 4.78 is 10.7. The van der Waals surface area contributed by atoms with Gasteiger partial charge in [0.25, 0.3) is 0 Å². The molecular weight excluding hydrogens is 356 g/mol. The lowest BCUT2D eigenvalue weighted by molar-refractivity contribution is 0.000226. The van der Waals surface area contributed by atoms with Gasteiger partial charge in [-0.3, -0.25) is 4.98 Å². The Hall–Kier alpha value is -3.22. The van der Waals surface area contributed by atoms with Gasteiger partial charge in [0, 0.05) is 25.4 Å². The van der Waals surface area contributed by atoms with Gasteiger partial charge in [0.05, 0.1) is 5.56 Å². The fraction of sp³-hybridized carbons (Fsp3) is 0.333. The van der Waals surface area contributed by atoms with Crippen molar-refractivity contribution in [2.24, 2.45) is 5.41 Å². The summed E-state index contributed by atoms with van der Waals surface area (Å²) >= 11 is 0. The molecule has 7 heteroatoms. The van der Waals surface area contributed by atoms with Crippen LogP contribution in [0.3, 0.4) is 0 Å². The third-order valence-corrected chi connectivity index (χ3v) is 5.82. The zero-order valence-corrected chi connectivity index (χ0v) is 15.3. The van der Waals surface area contributed by atoms with Crippen LogP contribution in [0.2, 0.25) is 0 Å². The molecule has 2 aromatic heterocycles. The topological polar surface area (TPSA) is 90.1 Å². The number of nitrogens with zero attached hydrogens (tertiary/aromatic N) is 3. The average molecular weight is 378 g/mol. The molecule has 1 amide bonds. The molecule has 5 rings (SSSR count). The van der Waals surface area contributed by atoms with Crippen LogP contribution in [0.4, 0.5) is 4.79 Å². The summed E-state index contributed by atoms with van der Waals surface area (Å²) in [6.07, 6.45) is 10.4. The fourth-order valence-electron chi connectivity index (χ4n) is 4.23. The van der Waals surface area contributed by atoms with E-state index in [9.17, 15) is 4.79 Å². The first-order valence-corrected chi connectivity index (χ1v) is 9.50. The first-order valence-electron chi connectivity index (χ1n) is 9.50. The zero-order valence-electron chi connectivity index (χ0n) is 15.3. The Morgan fingerprint density at radius 3 is 2.79 bits per heavy atom. The van der Waals surface area contributed by atoms with E-state index >= 15 is 0 Å². The minimum atomic E-state index is -0.394. The summed E-state index contributed by atoms with van der Waals surface area (Å²) in [5.41, 5.74) is 3.01. The molecule has 1 aromatic carbocycles. The highest BCUT2D eigenvalue weighted by atomic mass is 16.6. The fourth-order valence-corrected chi connectivity index (χ4v) is 4.23. The van der Waals surface area contributed by atoms with Crippen molar-refractivity contribution in [2.75, 3.05) is 0 Å². The molecule has 2 aliphatic rings. The molecule has 2 saturated carbocycles. The molecule has 144 valence electrons. The second-order valence-electron chi connectivity index (χ2n) is 7.73. The van der Waals surface area contributed by atoms with E-state index in [1.165, 1.54) is 25.7 Å². The largest absolute Gasteiger partial charge is 0.423 e. The van der Waals surface area contributed by atoms with E-state index in [4.69, 9.17) is 9.15 Å². The SMILES string of the molecule is O=C(NC1CC2(CCC2)C1)Oc1cccc(-c2cncc(-c3nnco3)c2)c1.[HH]. The Morgan fingerprint density at radius 2 is 2.04 bits per heavy atom. The lowest BCUT2D eigenvalue weighted by Gasteiger charge is -2.54. The van der Waals surface area contributed by atoms with Gasteiger partial charge in [-0.2, -0.15) is 0 Å². The van der Waals surface area contributed by atoms with Crippen LogP contribution in [0.1, 0.15) is 33.5 Å². The number of pyridine rings is 1. The van der Waals surface area contributed by atoms with Gasteiger partial charge < -0.3 is 14.5 Å². The van der Waals surface area contributed by atoms with Gasteiger partial charge in [0.2, 0.25) is 12.3 Å². The Morgan fingerprint density at radius 1 is 1.18 bits per heavy atom. The van der Waals surface area contributed by atoms with Crippen molar-refractivity contribution in [1.29, 1.82) is 0 Å². The molecule has 0 bridgehead atoms. The number of hydrogen-bond donors (Lipinski definition) is 1. The van der Waals surface area contributed by atoms with Crippen LogP contribution < -0.4 is 10.1 Å². The summed E-state index contributed by atoms with van der Waals surface area (Å²) in [6, 6.07) is 9.53. The molecular formula is C21H22N4O3. The lowest BCUT2D eigenvalue weighted by Crippen LogP contribution is -2.54. The van der Waals surface area contributed by atoms with Crippen molar-refractivity contribution in [3.63, 3.8) is 0 Å². The molecule has 28 heavy (non-hydrogen) atoms. The minimum absolute atomic E-state index is 0. The van der Waals surface area contributed by atoms with Crippen molar-refractivity contribution in [2.45, 2.75) is 38.1 Å². The number of rotatable bonds is 4. The predicted molar refractivity (Wildman–Crippen MR) is 104 cm³/mol. The standard InChI is InChI=1S/C21H20N4O3.H2/c26-20(24-17-9-21(10-17)5-2-6-21)28-18-4-1-3-14(8-18)15-7-16(12-22-11-15)19-25-23-13-27-19;/h1,3-4,7-8,11-13,17H,2,5-6,9-10H2,(H,24,26);1H. The molecule has 0 aliphatic heterocycles. The quantitative estimate of drug-likeness (QED) is 0.720. The van der Waals surface area contributed by atoms with Gasteiger partial charge in [-0.15, -0.1) is 10.2 Å². The number of hydrogen-bond acceptors (Lipinski definition) is 6. The van der Waals surface area contributed by atoms with Crippen molar-refractivity contribution in [3.8, 4) is 28.3 Å². The maximum Gasteiger partial charge on any atom is 0.412 e. The maximum absolute atomic E-state index is 12.2. The van der Waals surface area contributed by atoms with Crippen molar-refractivity contribution in [3.05, 3.63) is 49.1 Å². The molecule has 2 fully saturated rings. The van der Waals surface area contributed by atoms with Crippen molar-refractivity contribution < 1.29 is 15.4 Å². The first kappa shape index (κ1) is 16.9. The van der Waals surface area contributed by atoms with Gasteiger partial charge in [-0.05, 0) is 54.9 Å². The molecule has 2 aliphatic carbocycles. The highest BCUT2D eigenvalue weighted by Crippen LogP contribution is 2.55. The number of ether oxygens (including phenoxy) is 1. The van der Waals surface area contributed by atoms with E-state index < -0.39 is 6.09 Å². The van der Waals surface area contributed by atoms with Gasteiger partial charge in [-0.1, -0.05) is 18.6 Å². The van der Waals surface area contributed by atoms with Crippen molar-refractivity contribution in [1.82, 2.24) is 20.5 Å². The number of benzene rings is 1. The first-order chi connectivity index (χ1) is 13.7. The zero-order chi connectivity index (χ0) is 19.0. The minimum Gasteiger partial charge on any atom is -0.423 e. The summed E-state index contributed by atoms with van der Waals surface area (Å²) in [5, 5.41) is 10.6. The Balaban J connectivity index is 0.00000205. The summed E-state index contributed by atoms with van der Waals surface area (Å²) in [4.78, 5) is 16.5. The monoisotopic (exact) mass is 378 g/mol. The Kier molecular flexibility index (Phi) is 4.07. The summed E-state index contributed by atoms with van der Waals surface area (Å²) in [6.45, 7) is 0. The molecule has 1 spiro atoms. The third kappa shape index (κ3) is 3.24. The van der Waals surface area contributed by atoms with E-state index in [-0.39, 0.29) is 7.47 Å². The summed E-state index contributed by atoms with van der Waals surface area (Å²) in [7, 11) is 0. The maximum atomic E-state index is 12.2. The van der Waals surface area contributed by atoms with E-state index in [2.05, 4.69) is 20.5 Å². The smallest absolute Gasteiger partial charge is 0.412 e. The molecule has 0 unspecified atom stereocenters. The van der Waals surface area contributed by atoms with Crippen LogP contribution in [0.25, 0.3) is 22.6 Å². The Labute approximate surface area is 163 Å². The molecule has 3 aromatic rings. The van der Waals surface area contributed by atoms with Crippen LogP contribution >= 0.6 is 0 Å². The number of carbonyl (C=O) groups is 1. The number of carbonyl (C=O) groups excluding carboxylic acids is 1. The molecule has 0 radical (unpaired) electrons. The molecule has 1 N–H and O–H groups in total. The van der Waals surface area contributed by atoms with Gasteiger partial charge >= 0.3 is 6.09 Å². The third-order valence-electron chi connectivity index (χ3n) is 5.82. The predicted octanol–water partition coefficient (Wildman–Crippen LogP) is 4.47. The average Bonchev–Trinajstić information content (AvgIpc) is 3.18. The van der Waals surface area contributed by atoms with E-state index in [0.29, 0.717) is 17.1 Å². The highest BCUT2D eigenvalue weighted by molar-refractivity contribution is 5.73. The molecule has 7 nitrogen and oxygen atoms in total. The van der Waals surface area contributed by atoms with E-state index in [0.717, 1.165) is 29.5 Å². The second-order valence-corrected chi connectivity index (χ2v) is 7.73. The Bertz CT molecular complexity index is 997. The van der Waals surface area contributed by atoms with Crippen molar-refractivity contribution >= 4 is 6.09 Å². The lowest BCUT2D eigenvalue weighted by atomic mass is 9.54. The van der Waals surface area contributed by atoms with Crippen LogP contribution in [0.15, 0.2) is 53.5 Å². The van der Waals surface area contributed by atoms with E-state index in [1.807, 2.05) is 24.3 Å². The normalized spacial score (nSPS) is 17.6. The van der Waals surface area contributed by atoms with Crippen LogP contribution in [0.5, 0.6) is 5.75 Å². The molecule has 0 atom stereocenters. The van der Waals surface area contributed by atoms with Gasteiger partial charge in [0.15, 0.2) is 0 Å². The van der Waals surface area contributed by atoms with Gasteiger partial charge in [-0.25, -0.2) is 4.79 Å². The van der Waals surface area contributed by atoms with Crippen LogP contribution in [0, 0.1) is 5.41 Å². The number of nitrogens with one attached hydrogen (secondary N) is 1. The number of amides is 1. The number of aromatic nitrogens is 3. The molecule has 0 saturated heterocycles. The molecule has 2 heterocycles. The van der Waals surface area contributed by atoms with Crippen LogP contribution in [-0.2, 0) is 0 Å². The van der Waals surface area contributed by atoms with E-state index in [1.54, 1.807) is 18.5 Å². The van der Waals surface area contributed by atoms with Gasteiger partial charge in [0.1, 0.15) is 5.75 Å². The summed E-state index contributed by atoms with van der Waals surface area (Å²) in [5.74, 6) is 0.904. The second kappa shape index (κ2) is 6.74. The van der Waals surface area contributed by atoms with Crippen LogP contribution in [-0.4, -0.2) is 27.3 Å². The highest BCUT2D eigenvalue weighted by Gasteiger charge is 2.48.